The second kappa shape index (κ2) is 8.22. The molecule has 2 aromatic heterocycles. The quantitative estimate of drug-likeness (QED) is 0.233. The molecule has 0 saturated carbocycles. The van der Waals surface area contributed by atoms with Gasteiger partial charge in [0.05, 0.1) is 19.7 Å². The maximum atomic E-state index is 13.4. The first-order valence-corrected chi connectivity index (χ1v) is 9.85. The van der Waals surface area contributed by atoms with E-state index in [1.807, 2.05) is 13.0 Å². The summed E-state index contributed by atoms with van der Waals surface area (Å²) in [6.45, 7) is 4.15. The number of aryl methyl sites for hydroxylation is 1. The first kappa shape index (κ1) is 20.5. The van der Waals surface area contributed by atoms with Crippen molar-refractivity contribution in [1.29, 1.82) is 0 Å². The fraction of sp³-hybridized carbons (Fsp3) is 0.357. The first-order chi connectivity index (χ1) is 11.1. The Morgan fingerprint density at radius 2 is 2.00 bits per heavy atom. The van der Waals surface area contributed by atoms with Gasteiger partial charge in [0.25, 0.3) is 0 Å². The molecule has 0 spiro atoms. The van der Waals surface area contributed by atoms with Crippen LogP contribution < -0.4 is 0 Å². The fourth-order valence-electron chi connectivity index (χ4n) is 2.10. The highest BCUT2D eigenvalue weighted by Gasteiger charge is 2.32. The summed E-state index contributed by atoms with van der Waals surface area (Å²) in [7, 11) is 0. The molecule has 0 aromatic carbocycles. The summed E-state index contributed by atoms with van der Waals surface area (Å²) in [6.07, 6.45) is 0. The molecule has 2 rings (SSSR count). The Morgan fingerprint density at radius 1 is 1.33 bits per heavy atom. The van der Waals surface area contributed by atoms with Crippen LogP contribution in [0.5, 0.6) is 0 Å². The molecule has 0 fully saturated rings. The minimum Gasteiger partial charge on any atom is -0.361 e. The minimum atomic E-state index is -3.45. The van der Waals surface area contributed by atoms with E-state index < -0.39 is 4.71 Å². The lowest BCUT2D eigenvalue weighted by Gasteiger charge is -2.15. The highest BCUT2D eigenvalue weighted by molar-refractivity contribution is 9.13. The van der Waals surface area contributed by atoms with E-state index >= 15 is 0 Å². The molecule has 0 aliphatic heterocycles. The van der Waals surface area contributed by atoms with Gasteiger partial charge in [-0.25, -0.2) is 4.98 Å². The van der Waals surface area contributed by atoms with Crippen molar-refractivity contribution in [2.75, 3.05) is 6.61 Å². The number of rotatable bonds is 6. The lowest BCUT2D eigenvalue weighted by Crippen LogP contribution is -2.08. The van der Waals surface area contributed by atoms with Gasteiger partial charge in [0, 0.05) is 17.9 Å². The zero-order valence-corrected chi connectivity index (χ0v) is 18.0. The van der Waals surface area contributed by atoms with Gasteiger partial charge < -0.3 is 9.30 Å². The van der Waals surface area contributed by atoms with Crippen LogP contribution in [0.3, 0.4) is 0 Å². The highest BCUT2D eigenvalue weighted by atomic mass is 79.9. The van der Waals surface area contributed by atoms with Gasteiger partial charge in [0.2, 0.25) is 0 Å². The molecule has 0 bridgehead atoms. The maximum Gasteiger partial charge on any atom is 0.377 e. The van der Waals surface area contributed by atoms with E-state index in [1.165, 1.54) is 0 Å². The van der Waals surface area contributed by atoms with Gasteiger partial charge in [-0.3, -0.25) is 0 Å². The molecular weight excluding hydrogens is 513 g/mol. The molecule has 3 nitrogen and oxygen atoms in total. The number of ether oxygens (including phenoxy) is 1. The fourth-order valence-corrected chi connectivity index (χ4v) is 4.64. The minimum absolute atomic E-state index is 0.0876. The molecule has 2 heterocycles. The third-order valence-corrected chi connectivity index (χ3v) is 6.55. The van der Waals surface area contributed by atoms with E-state index in [1.54, 1.807) is 17.6 Å². The van der Waals surface area contributed by atoms with Crippen LogP contribution in [-0.2, 0) is 11.5 Å². The molecule has 0 saturated heterocycles. The summed E-state index contributed by atoms with van der Waals surface area (Å²) in [5, 5.41) is 0.560. The van der Waals surface area contributed by atoms with Crippen LogP contribution in [0.4, 0.5) is 8.78 Å². The summed E-state index contributed by atoms with van der Waals surface area (Å²) in [6, 6.07) is 3.48. The molecule has 24 heavy (non-hydrogen) atoms. The zero-order chi connectivity index (χ0) is 18.1. The van der Waals surface area contributed by atoms with Crippen LogP contribution >= 0.6 is 66.8 Å². The summed E-state index contributed by atoms with van der Waals surface area (Å²) in [5.41, 5.74) is 2.08. The largest absolute Gasteiger partial charge is 0.377 e. The van der Waals surface area contributed by atoms with Crippen molar-refractivity contribution in [3.63, 3.8) is 0 Å². The molecule has 0 unspecified atom stereocenters. The van der Waals surface area contributed by atoms with E-state index in [4.69, 9.17) is 27.9 Å². The highest BCUT2D eigenvalue weighted by Crippen LogP contribution is 2.49. The average molecular weight is 525 g/mol. The summed E-state index contributed by atoms with van der Waals surface area (Å²) in [5.74, 6) is 0. The van der Waals surface area contributed by atoms with E-state index in [0.717, 1.165) is 5.56 Å². The van der Waals surface area contributed by atoms with Crippen molar-refractivity contribution >= 4 is 66.8 Å². The van der Waals surface area contributed by atoms with Crippen LogP contribution in [0.25, 0.3) is 11.3 Å². The number of alkyl halides is 3. The van der Waals surface area contributed by atoms with E-state index in [-0.39, 0.29) is 23.5 Å². The predicted molar refractivity (Wildman–Crippen MR) is 101 cm³/mol. The van der Waals surface area contributed by atoms with Crippen molar-refractivity contribution in [1.82, 2.24) is 9.55 Å². The molecular formula is C14H12Br2Cl2F2N2OS. The second-order valence-electron chi connectivity index (χ2n) is 4.70. The Morgan fingerprint density at radius 3 is 2.54 bits per heavy atom. The normalized spacial score (nSPS) is 12.0. The van der Waals surface area contributed by atoms with Crippen LogP contribution in [0.1, 0.15) is 12.6 Å². The molecule has 0 atom stereocenters. The number of hydrogen-bond donors (Lipinski definition) is 0. The Balaban J connectivity index is 2.67. The van der Waals surface area contributed by atoms with Gasteiger partial charge in [-0.05, 0) is 81.2 Å². The van der Waals surface area contributed by atoms with E-state index in [9.17, 15) is 8.78 Å². The predicted octanol–water partition coefficient (Wildman–Crippen LogP) is 6.91. The molecule has 0 amide bonds. The standard InChI is InChI=1S/C14H12Br2Cl2F2N2OS/c1-3-23-6-22-12(8-4-7(2)21-9(17)5-8)10(15)11(16)13(22)24-14(18,19)20/h4-5H,3,6H2,1-2H3. The van der Waals surface area contributed by atoms with Gasteiger partial charge in [0.1, 0.15) is 11.9 Å². The third-order valence-electron chi connectivity index (χ3n) is 2.94. The smallest absolute Gasteiger partial charge is 0.361 e. The zero-order valence-electron chi connectivity index (χ0n) is 12.5. The van der Waals surface area contributed by atoms with E-state index in [2.05, 4.69) is 36.8 Å². The van der Waals surface area contributed by atoms with E-state index in [0.29, 0.717) is 32.1 Å². The Bertz CT molecular complexity index is 733. The molecule has 0 radical (unpaired) electrons. The van der Waals surface area contributed by atoms with Crippen molar-refractivity contribution in [3.05, 3.63) is 31.9 Å². The molecule has 2 aromatic rings. The summed E-state index contributed by atoms with van der Waals surface area (Å²) in [4.78, 5) is 4.12. The summed E-state index contributed by atoms with van der Waals surface area (Å²) < 4.78 is 31.4. The number of thioether (sulfide) groups is 1. The van der Waals surface area contributed by atoms with Gasteiger partial charge >= 0.3 is 4.71 Å². The Hall–Kier alpha value is 0.140. The number of nitrogens with zero attached hydrogens (tertiary/aromatic N) is 2. The molecule has 0 N–H and O–H groups in total. The van der Waals surface area contributed by atoms with Gasteiger partial charge in [0.15, 0.2) is 0 Å². The molecule has 132 valence electrons. The molecule has 10 heteroatoms. The average Bonchev–Trinajstić information content (AvgIpc) is 2.67. The van der Waals surface area contributed by atoms with Crippen molar-refractivity contribution in [3.8, 4) is 11.3 Å². The van der Waals surface area contributed by atoms with Gasteiger partial charge in [-0.1, -0.05) is 11.6 Å². The first-order valence-electron chi connectivity index (χ1n) is 6.69. The number of pyridine rings is 1. The van der Waals surface area contributed by atoms with Crippen molar-refractivity contribution in [2.24, 2.45) is 0 Å². The maximum absolute atomic E-state index is 13.4. The van der Waals surface area contributed by atoms with Crippen LogP contribution in [0, 0.1) is 6.92 Å². The van der Waals surface area contributed by atoms with Crippen molar-refractivity contribution in [2.45, 2.75) is 30.3 Å². The monoisotopic (exact) mass is 522 g/mol. The second-order valence-corrected chi connectivity index (χ2v) is 8.47. The van der Waals surface area contributed by atoms with Crippen LogP contribution in [0.15, 0.2) is 26.1 Å². The Kier molecular flexibility index (Phi) is 7.01. The van der Waals surface area contributed by atoms with Gasteiger partial charge in [-0.2, -0.15) is 8.78 Å². The number of hydrogen-bond acceptors (Lipinski definition) is 3. The van der Waals surface area contributed by atoms with Crippen LogP contribution in [-0.4, -0.2) is 20.9 Å². The topological polar surface area (TPSA) is 27.1 Å². The lowest BCUT2D eigenvalue weighted by atomic mass is 10.2. The summed E-state index contributed by atoms with van der Waals surface area (Å²) >= 11 is 18.2. The van der Waals surface area contributed by atoms with Crippen LogP contribution in [0.2, 0.25) is 5.15 Å². The third kappa shape index (κ3) is 4.86. The number of aromatic nitrogens is 2. The SMILES string of the molecule is CCOCn1c(SC(F)(F)Cl)c(Br)c(Br)c1-c1cc(C)nc(Cl)c1. The van der Waals surface area contributed by atoms with Gasteiger partial charge in [-0.15, -0.1) is 0 Å². The lowest BCUT2D eigenvalue weighted by molar-refractivity contribution is 0.0835. The molecule has 0 aliphatic carbocycles. The van der Waals surface area contributed by atoms with Crippen molar-refractivity contribution < 1.29 is 13.5 Å². The Labute approximate surface area is 169 Å². The number of halogens is 6. The molecule has 0 aliphatic rings.